The molecule has 0 bridgehead atoms. The molecule has 0 saturated heterocycles. The molecule has 0 heterocycles. The van der Waals surface area contributed by atoms with Crippen LogP contribution >= 0.6 is 0 Å². The quantitative estimate of drug-likeness (QED) is 0.570. The highest BCUT2D eigenvalue weighted by atomic mass is 16.3. The molecule has 1 unspecified atom stereocenters. The zero-order chi connectivity index (χ0) is 19.1. The lowest BCUT2D eigenvalue weighted by Gasteiger charge is -2.42. The first-order chi connectivity index (χ1) is 10.4. The maximum absolute atomic E-state index is 10.8. The molecule has 0 aromatic heterocycles. The molecule has 0 amide bonds. The molecule has 0 aromatic rings. The standard InChI is InChI=1S/C22H40O2/c1-19(2,3)13-21(7,8)15-11-18(24)16(12-17(15)23)22(9,10)14-20(4,5)6/h11,16,23-24H,12-14H2,1-10H3. The van der Waals surface area contributed by atoms with Crippen molar-refractivity contribution in [1.82, 2.24) is 0 Å². The molecule has 2 N–H and O–H groups in total. The van der Waals surface area contributed by atoms with E-state index in [1.807, 2.05) is 6.08 Å². The summed E-state index contributed by atoms with van der Waals surface area (Å²) < 4.78 is 0. The van der Waals surface area contributed by atoms with Crippen LogP contribution in [0.2, 0.25) is 0 Å². The minimum atomic E-state index is -0.157. The summed E-state index contributed by atoms with van der Waals surface area (Å²) in [6.07, 6.45) is 4.34. The first-order valence-electron chi connectivity index (χ1n) is 9.28. The van der Waals surface area contributed by atoms with Crippen LogP contribution in [0.4, 0.5) is 0 Å². The average molecular weight is 337 g/mol. The summed E-state index contributed by atoms with van der Waals surface area (Å²) in [5.41, 5.74) is 1.04. The predicted molar refractivity (Wildman–Crippen MR) is 104 cm³/mol. The Bertz CT molecular complexity index is 519. The van der Waals surface area contributed by atoms with E-state index >= 15 is 0 Å². The maximum Gasteiger partial charge on any atom is 0.0968 e. The van der Waals surface area contributed by atoms with Crippen LogP contribution in [0.25, 0.3) is 0 Å². The molecule has 0 radical (unpaired) electrons. The monoisotopic (exact) mass is 336 g/mol. The molecule has 0 fully saturated rings. The fourth-order valence-electron chi connectivity index (χ4n) is 4.91. The fourth-order valence-corrected chi connectivity index (χ4v) is 4.91. The Kier molecular flexibility index (Phi) is 5.65. The Labute approximate surface area is 150 Å². The zero-order valence-electron chi connectivity index (χ0n) is 17.7. The molecular weight excluding hydrogens is 296 g/mol. The van der Waals surface area contributed by atoms with E-state index in [1.165, 1.54) is 0 Å². The van der Waals surface area contributed by atoms with Crippen LogP contribution < -0.4 is 0 Å². The van der Waals surface area contributed by atoms with E-state index < -0.39 is 0 Å². The number of hydrogen-bond donors (Lipinski definition) is 2. The predicted octanol–water partition coefficient (Wildman–Crippen LogP) is 7.19. The van der Waals surface area contributed by atoms with Crippen molar-refractivity contribution in [2.24, 2.45) is 27.6 Å². The molecule has 0 aliphatic heterocycles. The van der Waals surface area contributed by atoms with Gasteiger partial charge in [-0.2, -0.15) is 0 Å². The van der Waals surface area contributed by atoms with Crippen LogP contribution in [0.5, 0.6) is 0 Å². The maximum atomic E-state index is 10.8. The van der Waals surface area contributed by atoms with Gasteiger partial charge >= 0.3 is 0 Å². The van der Waals surface area contributed by atoms with Crippen molar-refractivity contribution in [2.75, 3.05) is 0 Å². The Morgan fingerprint density at radius 3 is 1.71 bits per heavy atom. The van der Waals surface area contributed by atoms with Gasteiger partial charge in [0.15, 0.2) is 0 Å². The largest absolute Gasteiger partial charge is 0.512 e. The van der Waals surface area contributed by atoms with Crippen molar-refractivity contribution < 1.29 is 10.2 Å². The van der Waals surface area contributed by atoms with Crippen molar-refractivity contribution in [1.29, 1.82) is 0 Å². The first kappa shape index (κ1) is 21.1. The van der Waals surface area contributed by atoms with Gasteiger partial charge in [-0.15, -0.1) is 0 Å². The third-order valence-electron chi connectivity index (χ3n) is 4.99. The van der Waals surface area contributed by atoms with Gasteiger partial charge in [0.1, 0.15) is 0 Å². The van der Waals surface area contributed by atoms with E-state index in [4.69, 9.17) is 0 Å². The minimum Gasteiger partial charge on any atom is -0.512 e. The van der Waals surface area contributed by atoms with Crippen LogP contribution in [0.1, 0.15) is 88.5 Å². The van der Waals surface area contributed by atoms with Crippen molar-refractivity contribution in [2.45, 2.75) is 88.5 Å². The molecule has 2 nitrogen and oxygen atoms in total. The summed E-state index contributed by atoms with van der Waals surface area (Å²) in [4.78, 5) is 0. The number of rotatable bonds is 4. The second-order valence-corrected chi connectivity index (χ2v) is 11.5. The Morgan fingerprint density at radius 1 is 0.833 bits per heavy atom. The number of allylic oxidation sites excluding steroid dienone is 4. The van der Waals surface area contributed by atoms with Gasteiger partial charge in [0.2, 0.25) is 0 Å². The molecule has 1 aliphatic rings. The molecule has 1 atom stereocenters. The number of aliphatic hydroxyl groups excluding tert-OH is 2. The van der Waals surface area contributed by atoms with Gasteiger partial charge in [0.25, 0.3) is 0 Å². The zero-order valence-corrected chi connectivity index (χ0v) is 17.7. The van der Waals surface area contributed by atoms with Crippen molar-refractivity contribution in [3.8, 4) is 0 Å². The van der Waals surface area contributed by atoms with Crippen LogP contribution in [-0.2, 0) is 0 Å². The van der Waals surface area contributed by atoms with Gasteiger partial charge in [0.05, 0.1) is 11.5 Å². The molecular formula is C22H40O2. The lowest BCUT2D eigenvalue weighted by atomic mass is 9.63. The highest BCUT2D eigenvalue weighted by Gasteiger charge is 2.41. The highest BCUT2D eigenvalue weighted by molar-refractivity contribution is 5.35. The van der Waals surface area contributed by atoms with Gasteiger partial charge in [-0.1, -0.05) is 69.2 Å². The van der Waals surface area contributed by atoms with Gasteiger partial charge in [-0.05, 0) is 46.2 Å². The molecule has 0 saturated carbocycles. The summed E-state index contributed by atoms with van der Waals surface area (Å²) in [7, 11) is 0. The van der Waals surface area contributed by atoms with E-state index in [-0.39, 0.29) is 27.6 Å². The third kappa shape index (κ3) is 5.57. The number of aliphatic hydroxyl groups is 2. The molecule has 2 heteroatoms. The van der Waals surface area contributed by atoms with E-state index in [1.54, 1.807) is 0 Å². The summed E-state index contributed by atoms with van der Waals surface area (Å²) in [6.45, 7) is 22.1. The average Bonchev–Trinajstić information content (AvgIpc) is 2.24. The van der Waals surface area contributed by atoms with Crippen LogP contribution in [0.3, 0.4) is 0 Å². The summed E-state index contributed by atoms with van der Waals surface area (Å²) in [5, 5.41) is 21.5. The van der Waals surface area contributed by atoms with Gasteiger partial charge in [0, 0.05) is 12.3 Å². The minimum absolute atomic E-state index is 0.0223. The molecule has 24 heavy (non-hydrogen) atoms. The Balaban J connectivity index is 3.11. The van der Waals surface area contributed by atoms with Gasteiger partial charge < -0.3 is 10.2 Å². The Hall–Kier alpha value is -0.920. The summed E-state index contributed by atoms with van der Waals surface area (Å²) in [5.74, 6) is 0.860. The van der Waals surface area contributed by atoms with Crippen LogP contribution in [-0.4, -0.2) is 10.2 Å². The lowest BCUT2D eigenvalue weighted by Crippen LogP contribution is -2.34. The fraction of sp³-hybridized carbons (Fsp3) is 0.818. The molecule has 1 aliphatic carbocycles. The van der Waals surface area contributed by atoms with E-state index in [2.05, 4.69) is 69.2 Å². The smallest absolute Gasteiger partial charge is 0.0968 e. The normalized spacial score (nSPS) is 21.1. The van der Waals surface area contributed by atoms with Gasteiger partial charge in [-0.3, -0.25) is 0 Å². The molecule has 0 spiro atoms. The van der Waals surface area contributed by atoms with Crippen LogP contribution in [0.15, 0.2) is 23.2 Å². The van der Waals surface area contributed by atoms with Crippen molar-refractivity contribution in [3.05, 3.63) is 23.2 Å². The summed E-state index contributed by atoms with van der Waals surface area (Å²) >= 11 is 0. The highest BCUT2D eigenvalue weighted by Crippen LogP contribution is 2.49. The molecule has 0 aromatic carbocycles. The second-order valence-electron chi connectivity index (χ2n) is 11.5. The van der Waals surface area contributed by atoms with Crippen molar-refractivity contribution in [3.63, 3.8) is 0 Å². The Morgan fingerprint density at radius 2 is 1.29 bits per heavy atom. The third-order valence-corrected chi connectivity index (χ3v) is 4.99. The topological polar surface area (TPSA) is 40.5 Å². The van der Waals surface area contributed by atoms with Gasteiger partial charge in [-0.25, -0.2) is 0 Å². The second kappa shape index (κ2) is 6.42. The molecule has 140 valence electrons. The lowest BCUT2D eigenvalue weighted by molar-refractivity contribution is 0.104. The molecule has 1 rings (SSSR count). The summed E-state index contributed by atoms with van der Waals surface area (Å²) in [6, 6.07) is 0. The SMILES string of the molecule is CC(C)(C)CC(C)(C)C1=C(O)CC(C(C)(C)CC(C)(C)C)C(O)=C1. The first-order valence-corrected chi connectivity index (χ1v) is 9.28. The number of hydrogen-bond acceptors (Lipinski definition) is 2. The van der Waals surface area contributed by atoms with Crippen LogP contribution in [0, 0.1) is 27.6 Å². The van der Waals surface area contributed by atoms with E-state index in [0.717, 1.165) is 18.4 Å². The van der Waals surface area contributed by atoms with E-state index in [0.29, 0.717) is 17.9 Å². The van der Waals surface area contributed by atoms with E-state index in [9.17, 15) is 10.2 Å². The van der Waals surface area contributed by atoms with Crippen molar-refractivity contribution >= 4 is 0 Å².